The molecule has 0 aliphatic rings. The van der Waals surface area contributed by atoms with E-state index >= 15 is 0 Å². The van der Waals surface area contributed by atoms with Gasteiger partial charge in [-0.3, -0.25) is 0 Å². The number of rotatable bonds is 11. The van der Waals surface area contributed by atoms with Crippen LogP contribution >= 0.6 is 0 Å². The molecule has 1 nitrogen and oxygen atoms in total. The third-order valence-electron chi connectivity index (χ3n) is 3.97. The maximum atomic E-state index is 12.9. The Morgan fingerprint density at radius 3 is 2.00 bits per heavy atom. The minimum Gasteiger partial charge on any atom is -0.396 e. The lowest BCUT2D eigenvalue weighted by molar-refractivity contribution is 0.256. The van der Waals surface area contributed by atoms with Crippen molar-refractivity contribution in [1.82, 2.24) is 0 Å². The number of halogens is 1. The Kier molecular flexibility index (Phi) is 9.31. The van der Waals surface area contributed by atoms with E-state index in [0.29, 0.717) is 0 Å². The van der Waals surface area contributed by atoms with Gasteiger partial charge >= 0.3 is 0 Å². The molecular formula is C18H29FO. The summed E-state index contributed by atoms with van der Waals surface area (Å²) < 4.78 is 12.9. The van der Waals surface area contributed by atoms with Crippen LogP contribution in [-0.4, -0.2) is 11.7 Å². The van der Waals surface area contributed by atoms with E-state index in [9.17, 15) is 9.50 Å². The van der Waals surface area contributed by atoms with Gasteiger partial charge in [-0.15, -0.1) is 0 Å². The molecule has 0 bridgehead atoms. The summed E-state index contributed by atoms with van der Waals surface area (Å²) in [5, 5.41) is 9.45. The summed E-state index contributed by atoms with van der Waals surface area (Å²) in [5.41, 5.74) is 1.05. The summed E-state index contributed by atoms with van der Waals surface area (Å²) in [6.07, 6.45) is 11.4. The van der Waals surface area contributed by atoms with Gasteiger partial charge in [-0.2, -0.15) is 0 Å². The van der Waals surface area contributed by atoms with Crippen molar-refractivity contribution in [3.05, 3.63) is 35.6 Å². The average Bonchev–Trinajstić information content (AvgIpc) is 2.47. The molecule has 0 saturated heterocycles. The van der Waals surface area contributed by atoms with Gasteiger partial charge in [0.15, 0.2) is 0 Å². The molecule has 0 aliphatic heterocycles. The van der Waals surface area contributed by atoms with Crippen LogP contribution in [0.5, 0.6) is 0 Å². The predicted octanol–water partition coefficient (Wildman–Crippen LogP) is 5.43. The van der Waals surface area contributed by atoms with Crippen molar-refractivity contribution in [2.45, 2.75) is 70.6 Å². The number of aliphatic hydroxyl groups is 1. The number of hydrogen-bond donors (Lipinski definition) is 1. The molecule has 0 fully saturated rings. The molecule has 1 N–H and O–H groups in total. The standard InChI is InChI=1S/C18H29FO/c1-2-3-4-5-6-7-8-9-10-17(15-20)16-11-13-18(19)14-12-16/h11-14,17,20H,2-10,15H2,1H3. The molecule has 1 atom stereocenters. The summed E-state index contributed by atoms with van der Waals surface area (Å²) in [4.78, 5) is 0. The zero-order valence-corrected chi connectivity index (χ0v) is 12.8. The minimum atomic E-state index is -0.211. The van der Waals surface area contributed by atoms with Crippen LogP contribution in [0.15, 0.2) is 24.3 Å². The van der Waals surface area contributed by atoms with Gasteiger partial charge in [-0.05, 0) is 24.1 Å². The summed E-state index contributed by atoms with van der Waals surface area (Å²) in [5.74, 6) is -0.0480. The van der Waals surface area contributed by atoms with Crippen LogP contribution in [0.3, 0.4) is 0 Å². The maximum Gasteiger partial charge on any atom is 0.123 e. The van der Waals surface area contributed by atoms with Gasteiger partial charge in [-0.25, -0.2) is 4.39 Å². The Balaban J connectivity index is 2.14. The van der Waals surface area contributed by atoms with E-state index in [1.807, 2.05) is 0 Å². The van der Waals surface area contributed by atoms with Crippen molar-refractivity contribution in [2.24, 2.45) is 0 Å². The molecule has 1 rings (SSSR count). The first-order valence-corrected chi connectivity index (χ1v) is 8.14. The first-order chi connectivity index (χ1) is 9.77. The highest BCUT2D eigenvalue weighted by Crippen LogP contribution is 2.22. The van der Waals surface area contributed by atoms with E-state index in [2.05, 4.69) is 6.92 Å². The van der Waals surface area contributed by atoms with Crippen LogP contribution in [0.2, 0.25) is 0 Å². The fourth-order valence-electron chi connectivity index (χ4n) is 2.62. The van der Waals surface area contributed by atoms with Crippen molar-refractivity contribution >= 4 is 0 Å². The zero-order chi connectivity index (χ0) is 14.6. The lowest BCUT2D eigenvalue weighted by Crippen LogP contribution is -2.04. The maximum absolute atomic E-state index is 12.9. The van der Waals surface area contributed by atoms with Gasteiger partial charge in [-0.1, -0.05) is 70.4 Å². The van der Waals surface area contributed by atoms with Gasteiger partial charge < -0.3 is 5.11 Å². The fraction of sp³-hybridized carbons (Fsp3) is 0.667. The lowest BCUT2D eigenvalue weighted by Gasteiger charge is -2.14. The summed E-state index contributed by atoms with van der Waals surface area (Å²) >= 11 is 0. The molecule has 20 heavy (non-hydrogen) atoms. The van der Waals surface area contributed by atoms with Crippen molar-refractivity contribution < 1.29 is 9.50 Å². The summed E-state index contributed by atoms with van der Waals surface area (Å²) in [6, 6.07) is 6.54. The second-order valence-corrected chi connectivity index (χ2v) is 5.69. The Morgan fingerprint density at radius 2 is 1.45 bits per heavy atom. The van der Waals surface area contributed by atoms with E-state index in [1.54, 1.807) is 12.1 Å². The van der Waals surface area contributed by atoms with Gasteiger partial charge in [0.25, 0.3) is 0 Å². The molecular weight excluding hydrogens is 251 g/mol. The third-order valence-corrected chi connectivity index (χ3v) is 3.97. The Morgan fingerprint density at radius 1 is 0.900 bits per heavy atom. The summed E-state index contributed by atoms with van der Waals surface area (Å²) in [6.45, 7) is 2.40. The average molecular weight is 280 g/mol. The highest BCUT2D eigenvalue weighted by Gasteiger charge is 2.09. The van der Waals surface area contributed by atoms with Gasteiger partial charge in [0, 0.05) is 12.5 Å². The molecule has 0 amide bonds. The van der Waals surface area contributed by atoms with E-state index < -0.39 is 0 Å². The molecule has 2 heteroatoms. The van der Waals surface area contributed by atoms with Crippen molar-refractivity contribution in [2.75, 3.05) is 6.61 Å². The molecule has 1 unspecified atom stereocenters. The minimum absolute atomic E-state index is 0.155. The highest BCUT2D eigenvalue weighted by molar-refractivity contribution is 5.20. The molecule has 0 saturated carbocycles. The quantitative estimate of drug-likeness (QED) is 0.536. The molecule has 0 spiro atoms. The van der Waals surface area contributed by atoms with Gasteiger partial charge in [0.1, 0.15) is 5.82 Å². The monoisotopic (exact) mass is 280 g/mol. The van der Waals surface area contributed by atoms with E-state index in [4.69, 9.17) is 0 Å². The first kappa shape index (κ1) is 17.2. The SMILES string of the molecule is CCCCCCCCCCC(CO)c1ccc(F)cc1. The normalized spacial score (nSPS) is 12.6. The lowest BCUT2D eigenvalue weighted by atomic mass is 9.93. The van der Waals surface area contributed by atoms with E-state index in [-0.39, 0.29) is 18.3 Å². The number of hydrogen-bond acceptors (Lipinski definition) is 1. The van der Waals surface area contributed by atoms with Crippen molar-refractivity contribution in [1.29, 1.82) is 0 Å². The van der Waals surface area contributed by atoms with Gasteiger partial charge in [0.05, 0.1) is 0 Å². The molecule has 114 valence electrons. The molecule has 0 heterocycles. The van der Waals surface area contributed by atoms with Crippen LogP contribution in [0.4, 0.5) is 4.39 Å². The second-order valence-electron chi connectivity index (χ2n) is 5.69. The number of unbranched alkanes of at least 4 members (excludes halogenated alkanes) is 7. The van der Waals surface area contributed by atoms with Crippen LogP contribution in [0.25, 0.3) is 0 Å². The second kappa shape index (κ2) is 10.8. The molecule has 1 aromatic carbocycles. The number of benzene rings is 1. The molecule has 0 aliphatic carbocycles. The van der Waals surface area contributed by atoms with E-state index in [0.717, 1.165) is 18.4 Å². The Labute approximate surface area is 123 Å². The van der Waals surface area contributed by atoms with Crippen LogP contribution < -0.4 is 0 Å². The predicted molar refractivity (Wildman–Crippen MR) is 83.5 cm³/mol. The Bertz CT molecular complexity index is 334. The Hall–Kier alpha value is -0.890. The van der Waals surface area contributed by atoms with Crippen molar-refractivity contribution in [3.8, 4) is 0 Å². The first-order valence-electron chi connectivity index (χ1n) is 8.14. The molecule has 0 radical (unpaired) electrons. The number of aliphatic hydroxyl groups excluding tert-OH is 1. The molecule has 1 aromatic rings. The van der Waals surface area contributed by atoms with Crippen LogP contribution in [-0.2, 0) is 0 Å². The summed E-state index contributed by atoms with van der Waals surface area (Å²) in [7, 11) is 0. The van der Waals surface area contributed by atoms with Gasteiger partial charge in [0.2, 0.25) is 0 Å². The smallest absolute Gasteiger partial charge is 0.123 e. The van der Waals surface area contributed by atoms with Crippen LogP contribution in [0.1, 0.15) is 76.2 Å². The third kappa shape index (κ3) is 7.04. The van der Waals surface area contributed by atoms with E-state index in [1.165, 1.54) is 57.1 Å². The topological polar surface area (TPSA) is 20.2 Å². The van der Waals surface area contributed by atoms with Crippen molar-refractivity contribution in [3.63, 3.8) is 0 Å². The zero-order valence-electron chi connectivity index (χ0n) is 12.8. The fourth-order valence-corrected chi connectivity index (χ4v) is 2.62. The largest absolute Gasteiger partial charge is 0.396 e. The molecule has 0 aromatic heterocycles. The van der Waals surface area contributed by atoms with Crippen LogP contribution in [0, 0.1) is 5.82 Å². The highest BCUT2D eigenvalue weighted by atomic mass is 19.1.